The summed E-state index contributed by atoms with van der Waals surface area (Å²) in [5, 5.41) is 11.1. The van der Waals surface area contributed by atoms with Gasteiger partial charge in [-0.3, -0.25) is 10.1 Å². The zero-order valence-corrected chi connectivity index (χ0v) is 19.6. The lowest BCUT2D eigenvalue weighted by atomic mass is 9.93. The van der Waals surface area contributed by atoms with Gasteiger partial charge in [0, 0.05) is 36.4 Å². The van der Waals surface area contributed by atoms with Crippen LogP contribution in [0.4, 0.5) is 27.8 Å². The molecule has 1 saturated heterocycles. The van der Waals surface area contributed by atoms with E-state index in [1.54, 1.807) is 26.0 Å². The molecule has 1 aromatic carbocycles. The number of alkyl halides is 4. The Morgan fingerprint density at radius 3 is 2.71 bits per heavy atom. The molecule has 1 aliphatic rings. The molecule has 0 bridgehead atoms. The zero-order chi connectivity index (χ0) is 25.3. The minimum atomic E-state index is -4.65. The molecule has 0 spiro atoms. The van der Waals surface area contributed by atoms with Crippen LogP contribution < -0.4 is 5.32 Å². The number of pyridine rings is 1. The monoisotopic (exact) mass is 491 g/mol. The van der Waals surface area contributed by atoms with E-state index in [1.165, 1.54) is 12.1 Å². The minimum absolute atomic E-state index is 0.0859. The maximum Gasteiger partial charge on any atom is 0.433 e. The van der Waals surface area contributed by atoms with Crippen LogP contribution in [0.25, 0.3) is 16.5 Å². The van der Waals surface area contributed by atoms with Crippen LogP contribution in [0, 0.1) is 5.82 Å². The van der Waals surface area contributed by atoms with E-state index in [1.807, 2.05) is 11.9 Å². The summed E-state index contributed by atoms with van der Waals surface area (Å²) in [6, 6.07) is 5.01. The lowest BCUT2D eigenvalue weighted by Gasteiger charge is -2.35. The molecule has 5 nitrogen and oxygen atoms in total. The molecular formula is C25H26F5N5. The van der Waals surface area contributed by atoms with E-state index in [-0.39, 0.29) is 23.0 Å². The Balaban J connectivity index is 1.77. The molecule has 2 N–H and O–H groups in total. The van der Waals surface area contributed by atoms with E-state index in [9.17, 15) is 22.0 Å². The minimum Gasteiger partial charge on any atom is -0.376 e. The smallest absolute Gasteiger partial charge is 0.376 e. The van der Waals surface area contributed by atoms with Crippen molar-refractivity contribution in [1.29, 1.82) is 0 Å². The number of aromatic nitrogens is 3. The molecule has 1 aliphatic heterocycles. The van der Waals surface area contributed by atoms with E-state index >= 15 is 0 Å². The summed E-state index contributed by atoms with van der Waals surface area (Å²) in [5.41, 5.74) is 1.90. The van der Waals surface area contributed by atoms with Gasteiger partial charge in [-0.2, -0.15) is 18.3 Å². The van der Waals surface area contributed by atoms with Crippen molar-refractivity contribution in [3.05, 3.63) is 70.4 Å². The van der Waals surface area contributed by atoms with Crippen LogP contribution in [0.2, 0.25) is 0 Å². The van der Waals surface area contributed by atoms with Crippen molar-refractivity contribution in [3.8, 4) is 0 Å². The quantitative estimate of drug-likeness (QED) is 0.402. The van der Waals surface area contributed by atoms with Gasteiger partial charge in [0.15, 0.2) is 5.82 Å². The average molecular weight is 492 g/mol. The van der Waals surface area contributed by atoms with E-state index in [0.29, 0.717) is 22.3 Å². The number of piperidine rings is 1. The van der Waals surface area contributed by atoms with Crippen molar-refractivity contribution in [1.82, 2.24) is 20.1 Å². The molecule has 0 radical (unpaired) electrons. The van der Waals surface area contributed by atoms with Crippen LogP contribution in [-0.4, -0.2) is 39.7 Å². The Kier molecular flexibility index (Phi) is 6.82. The third-order valence-corrected chi connectivity index (χ3v) is 6.16. The number of likely N-dealkylation sites (tertiary alicyclic amines) is 1. The Morgan fingerprint density at radius 1 is 1.26 bits per heavy atom. The molecule has 0 aliphatic carbocycles. The maximum absolute atomic E-state index is 13.8. The SMILES string of the molecule is CC(C)=C(/C=C1/C(Nc2n[nH]c3ccc(F)cc23)CCCN1C)c1cc(C(F)(F)F)ncc1CF. The van der Waals surface area contributed by atoms with E-state index < -0.39 is 18.5 Å². The Labute approximate surface area is 199 Å². The summed E-state index contributed by atoms with van der Waals surface area (Å²) in [4.78, 5) is 5.43. The van der Waals surface area contributed by atoms with Gasteiger partial charge in [-0.05, 0) is 68.2 Å². The van der Waals surface area contributed by atoms with Crippen molar-refractivity contribution in [2.24, 2.45) is 0 Å². The van der Waals surface area contributed by atoms with Gasteiger partial charge in [-0.25, -0.2) is 8.78 Å². The Morgan fingerprint density at radius 2 is 2.03 bits per heavy atom. The van der Waals surface area contributed by atoms with Crippen LogP contribution >= 0.6 is 0 Å². The molecule has 3 aromatic rings. The highest BCUT2D eigenvalue weighted by molar-refractivity contribution is 5.90. The molecule has 0 saturated carbocycles. The van der Waals surface area contributed by atoms with Crippen LogP contribution in [0.1, 0.15) is 43.5 Å². The Hall–Kier alpha value is -3.43. The first-order valence-electron chi connectivity index (χ1n) is 11.2. The summed E-state index contributed by atoms with van der Waals surface area (Å²) >= 11 is 0. The number of nitrogens with zero attached hydrogens (tertiary/aromatic N) is 3. The molecule has 4 rings (SSSR count). The third kappa shape index (κ3) is 5.16. The lowest BCUT2D eigenvalue weighted by molar-refractivity contribution is -0.141. The standard InChI is InChI=1S/C25H26F5N5/c1-14(2)17(18-11-23(25(28,29)30)31-13-15(18)12-26)10-22-21(5-4-8-35(22)3)32-24-19-9-16(27)6-7-20(19)33-34-24/h6-7,9-11,13,21H,4-5,8,12H2,1-3H3,(H2,32,33,34)/b22-10-. The first-order chi connectivity index (χ1) is 16.6. The number of nitrogens with one attached hydrogen (secondary N) is 2. The fraction of sp³-hybridized carbons (Fsp3) is 0.360. The first kappa shape index (κ1) is 24.7. The average Bonchev–Trinajstić information content (AvgIpc) is 3.19. The van der Waals surface area contributed by atoms with Crippen LogP contribution in [0.3, 0.4) is 0 Å². The van der Waals surface area contributed by atoms with Crippen molar-refractivity contribution in [3.63, 3.8) is 0 Å². The summed E-state index contributed by atoms with van der Waals surface area (Å²) in [5.74, 6) is 0.0966. The third-order valence-electron chi connectivity index (χ3n) is 6.16. The Bertz CT molecular complexity index is 1290. The summed E-state index contributed by atoms with van der Waals surface area (Å²) in [6.07, 6.45) is -0.294. The van der Waals surface area contributed by atoms with E-state index in [4.69, 9.17) is 0 Å². The molecule has 1 fully saturated rings. The molecular weight excluding hydrogens is 465 g/mol. The number of rotatable bonds is 5. The number of benzene rings is 1. The van der Waals surface area contributed by atoms with Crippen molar-refractivity contribution < 1.29 is 22.0 Å². The number of aromatic amines is 1. The molecule has 3 heterocycles. The molecule has 35 heavy (non-hydrogen) atoms. The summed E-state index contributed by atoms with van der Waals surface area (Å²) < 4.78 is 67.7. The summed E-state index contributed by atoms with van der Waals surface area (Å²) in [7, 11) is 1.90. The van der Waals surface area contributed by atoms with Crippen molar-refractivity contribution >= 4 is 22.3 Å². The number of likely N-dealkylation sites (N-methyl/N-ethyl adjacent to an activating group) is 1. The van der Waals surface area contributed by atoms with Gasteiger partial charge in [-0.1, -0.05) is 5.57 Å². The van der Waals surface area contributed by atoms with Gasteiger partial charge in [-0.15, -0.1) is 0 Å². The zero-order valence-electron chi connectivity index (χ0n) is 19.6. The van der Waals surface area contributed by atoms with Gasteiger partial charge in [0.05, 0.1) is 11.6 Å². The van der Waals surface area contributed by atoms with Gasteiger partial charge in [0.2, 0.25) is 0 Å². The van der Waals surface area contributed by atoms with Crippen LogP contribution in [-0.2, 0) is 12.9 Å². The topological polar surface area (TPSA) is 56.8 Å². The van der Waals surface area contributed by atoms with Gasteiger partial charge in [0.25, 0.3) is 0 Å². The fourth-order valence-electron chi connectivity index (χ4n) is 4.33. The van der Waals surface area contributed by atoms with Gasteiger partial charge >= 0.3 is 6.18 Å². The number of allylic oxidation sites excluding steroid dienone is 3. The second kappa shape index (κ2) is 9.67. The predicted molar refractivity (Wildman–Crippen MR) is 126 cm³/mol. The first-order valence-corrected chi connectivity index (χ1v) is 11.2. The molecule has 1 unspecified atom stereocenters. The number of hydrogen-bond donors (Lipinski definition) is 2. The van der Waals surface area contributed by atoms with Crippen molar-refractivity contribution in [2.45, 2.75) is 45.6 Å². The number of halogens is 5. The van der Waals surface area contributed by atoms with Crippen molar-refractivity contribution in [2.75, 3.05) is 18.9 Å². The highest BCUT2D eigenvalue weighted by Gasteiger charge is 2.33. The number of anilines is 1. The molecule has 10 heteroatoms. The predicted octanol–water partition coefficient (Wildman–Crippen LogP) is 6.47. The van der Waals surface area contributed by atoms with Crippen LogP contribution in [0.15, 0.2) is 47.8 Å². The fourth-order valence-corrected chi connectivity index (χ4v) is 4.33. The van der Waals surface area contributed by atoms with Gasteiger partial charge < -0.3 is 10.2 Å². The van der Waals surface area contributed by atoms with Crippen LogP contribution in [0.5, 0.6) is 0 Å². The summed E-state index contributed by atoms with van der Waals surface area (Å²) in [6.45, 7) is 3.35. The van der Waals surface area contributed by atoms with E-state index in [0.717, 1.165) is 42.9 Å². The molecule has 2 aromatic heterocycles. The molecule has 0 amide bonds. The highest BCUT2D eigenvalue weighted by Crippen LogP contribution is 2.35. The lowest BCUT2D eigenvalue weighted by Crippen LogP contribution is -2.38. The second-order valence-corrected chi connectivity index (χ2v) is 8.86. The number of hydrogen-bond acceptors (Lipinski definition) is 4. The normalized spacial score (nSPS) is 17.8. The second-order valence-electron chi connectivity index (χ2n) is 8.86. The molecule has 1 atom stereocenters. The van der Waals surface area contributed by atoms with Gasteiger partial charge in [0.1, 0.15) is 18.2 Å². The van der Waals surface area contributed by atoms with E-state index in [2.05, 4.69) is 20.5 Å². The molecule has 186 valence electrons. The maximum atomic E-state index is 13.8. The number of H-pyrrole nitrogens is 1. The number of fused-ring (bicyclic) bond motifs is 1. The largest absolute Gasteiger partial charge is 0.433 e. The highest BCUT2D eigenvalue weighted by atomic mass is 19.4.